The van der Waals surface area contributed by atoms with Crippen LogP contribution in [-0.4, -0.2) is 49.0 Å². The molecule has 0 bridgehead atoms. The van der Waals surface area contributed by atoms with E-state index in [0.717, 1.165) is 0 Å². The molecule has 2 atom stereocenters. The molecule has 3 rings (SSSR count). The summed E-state index contributed by atoms with van der Waals surface area (Å²) in [6.45, 7) is 0.188. The molecule has 21 heavy (non-hydrogen) atoms. The van der Waals surface area contributed by atoms with Gasteiger partial charge in [-0.25, -0.2) is 4.79 Å². The van der Waals surface area contributed by atoms with Gasteiger partial charge in [0, 0.05) is 12.2 Å². The first-order valence-corrected chi connectivity index (χ1v) is 6.51. The van der Waals surface area contributed by atoms with Crippen molar-refractivity contribution in [1.29, 1.82) is 0 Å². The molecule has 1 saturated heterocycles. The van der Waals surface area contributed by atoms with Crippen LogP contribution in [0.2, 0.25) is 0 Å². The van der Waals surface area contributed by atoms with Crippen molar-refractivity contribution in [3.05, 3.63) is 18.2 Å². The third kappa shape index (κ3) is 2.50. The highest BCUT2D eigenvalue weighted by molar-refractivity contribution is 5.97. The molecule has 2 unspecified atom stereocenters. The van der Waals surface area contributed by atoms with Crippen molar-refractivity contribution in [3.8, 4) is 5.75 Å². The maximum atomic E-state index is 11.9. The maximum absolute atomic E-state index is 11.9. The van der Waals surface area contributed by atoms with Gasteiger partial charge in [0.25, 0.3) is 5.91 Å². The number of hydrogen-bond donors (Lipinski definition) is 3. The number of carbonyl (C=O) groups excluding carboxylic acids is 2. The molecule has 2 heterocycles. The Morgan fingerprint density at radius 1 is 1.48 bits per heavy atom. The van der Waals surface area contributed by atoms with Gasteiger partial charge >= 0.3 is 6.09 Å². The van der Waals surface area contributed by atoms with Crippen LogP contribution in [0.4, 0.5) is 16.2 Å². The van der Waals surface area contributed by atoms with Gasteiger partial charge in [-0.2, -0.15) is 0 Å². The van der Waals surface area contributed by atoms with Crippen LogP contribution in [0.5, 0.6) is 5.75 Å². The summed E-state index contributed by atoms with van der Waals surface area (Å²) in [7, 11) is 0. The number of carbonyl (C=O) groups is 2. The molecule has 2 aliphatic heterocycles. The summed E-state index contributed by atoms with van der Waals surface area (Å²) < 4.78 is 10.3. The number of benzene rings is 1. The number of cyclic esters (lactones) is 1. The van der Waals surface area contributed by atoms with E-state index in [4.69, 9.17) is 15.2 Å². The SMILES string of the molecule is NCC(O)C1CN(c2ccc3c(c2)NC(=O)CO3)C(=O)O1. The summed E-state index contributed by atoms with van der Waals surface area (Å²) >= 11 is 0. The predicted octanol–water partition coefficient (Wildman–Crippen LogP) is -0.338. The van der Waals surface area contributed by atoms with Crippen molar-refractivity contribution in [2.75, 3.05) is 29.9 Å². The van der Waals surface area contributed by atoms with Gasteiger partial charge < -0.3 is 25.6 Å². The number of anilines is 2. The number of aliphatic hydroxyl groups is 1. The van der Waals surface area contributed by atoms with Crippen LogP contribution in [-0.2, 0) is 9.53 Å². The van der Waals surface area contributed by atoms with Crippen molar-refractivity contribution < 1.29 is 24.2 Å². The zero-order chi connectivity index (χ0) is 15.0. The molecular weight excluding hydrogens is 278 g/mol. The topological polar surface area (TPSA) is 114 Å². The predicted molar refractivity (Wildman–Crippen MR) is 73.2 cm³/mol. The summed E-state index contributed by atoms with van der Waals surface area (Å²) in [5.74, 6) is 0.296. The third-order valence-electron chi connectivity index (χ3n) is 3.41. The Bertz CT molecular complexity index is 591. The number of nitrogens with one attached hydrogen (secondary N) is 1. The van der Waals surface area contributed by atoms with Crippen molar-refractivity contribution >= 4 is 23.4 Å². The van der Waals surface area contributed by atoms with Gasteiger partial charge in [-0.1, -0.05) is 0 Å². The van der Waals surface area contributed by atoms with Gasteiger partial charge in [0.1, 0.15) is 18.0 Å². The fourth-order valence-electron chi connectivity index (χ4n) is 2.29. The highest BCUT2D eigenvalue weighted by Crippen LogP contribution is 2.33. The van der Waals surface area contributed by atoms with Crippen molar-refractivity contribution in [2.45, 2.75) is 12.2 Å². The molecule has 4 N–H and O–H groups in total. The van der Waals surface area contributed by atoms with E-state index in [0.29, 0.717) is 17.1 Å². The normalized spacial score (nSPS) is 22.2. The molecule has 8 heteroatoms. The lowest BCUT2D eigenvalue weighted by Crippen LogP contribution is -2.36. The Hall–Kier alpha value is -2.32. The molecule has 8 nitrogen and oxygen atoms in total. The average Bonchev–Trinajstić information content (AvgIpc) is 2.87. The molecule has 0 radical (unpaired) electrons. The first kappa shape index (κ1) is 13.7. The maximum Gasteiger partial charge on any atom is 0.414 e. The van der Waals surface area contributed by atoms with E-state index >= 15 is 0 Å². The molecule has 0 saturated carbocycles. The Morgan fingerprint density at radius 2 is 2.29 bits per heavy atom. The van der Waals surface area contributed by atoms with Crippen molar-refractivity contribution in [1.82, 2.24) is 0 Å². The lowest BCUT2D eigenvalue weighted by molar-refractivity contribution is -0.118. The molecule has 1 fully saturated rings. The van der Waals surface area contributed by atoms with E-state index in [-0.39, 0.29) is 25.6 Å². The summed E-state index contributed by atoms with van der Waals surface area (Å²) in [6, 6.07) is 4.99. The Morgan fingerprint density at radius 3 is 3.05 bits per heavy atom. The monoisotopic (exact) mass is 293 g/mol. The van der Waals surface area contributed by atoms with E-state index < -0.39 is 18.3 Å². The lowest BCUT2D eigenvalue weighted by atomic mass is 10.2. The molecule has 1 aromatic carbocycles. The number of fused-ring (bicyclic) bond motifs is 1. The zero-order valence-corrected chi connectivity index (χ0v) is 11.1. The first-order valence-electron chi connectivity index (χ1n) is 6.51. The van der Waals surface area contributed by atoms with E-state index in [1.54, 1.807) is 18.2 Å². The van der Waals surface area contributed by atoms with Crippen LogP contribution in [0, 0.1) is 0 Å². The van der Waals surface area contributed by atoms with Crippen LogP contribution < -0.4 is 20.7 Å². The first-order chi connectivity index (χ1) is 10.1. The Balaban J connectivity index is 1.83. The minimum atomic E-state index is -0.903. The fraction of sp³-hybridized carbons (Fsp3) is 0.385. The van der Waals surface area contributed by atoms with Crippen LogP contribution in [0.1, 0.15) is 0 Å². The summed E-state index contributed by atoms with van der Waals surface area (Å²) in [5, 5.41) is 12.3. The third-order valence-corrected chi connectivity index (χ3v) is 3.41. The van der Waals surface area contributed by atoms with Crippen LogP contribution in [0.25, 0.3) is 0 Å². The van der Waals surface area contributed by atoms with Gasteiger partial charge in [-0.05, 0) is 18.2 Å². The Labute approximate surface area is 120 Å². The van der Waals surface area contributed by atoms with Crippen molar-refractivity contribution in [2.24, 2.45) is 5.73 Å². The molecule has 0 aliphatic carbocycles. The minimum absolute atomic E-state index is 0.0138. The number of hydrogen-bond acceptors (Lipinski definition) is 6. The zero-order valence-electron chi connectivity index (χ0n) is 11.1. The number of aliphatic hydroxyl groups excluding tert-OH is 1. The van der Waals surface area contributed by atoms with Crippen molar-refractivity contribution in [3.63, 3.8) is 0 Å². The van der Waals surface area contributed by atoms with Crippen LogP contribution in [0.15, 0.2) is 18.2 Å². The van der Waals surface area contributed by atoms with Gasteiger partial charge in [-0.3, -0.25) is 9.69 Å². The van der Waals surface area contributed by atoms with Crippen LogP contribution >= 0.6 is 0 Å². The number of nitrogens with zero attached hydrogens (tertiary/aromatic N) is 1. The highest BCUT2D eigenvalue weighted by atomic mass is 16.6. The fourth-order valence-corrected chi connectivity index (χ4v) is 2.29. The minimum Gasteiger partial charge on any atom is -0.482 e. The molecule has 0 aromatic heterocycles. The van der Waals surface area contributed by atoms with E-state index in [2.05, 4.69) is 5.32 Å². The van der Waals surface area contributed by atoms with E-state index in [1.165, 1.54) is 4.90 Å². The van der Waals surface area contributed by atoms with E-state index in [9.17, 15) is 14.7 Å². The molecular formula is C13H15N3O5. The van der Waals surface area contributed by atoms with E-state index in [1.807, 2.05) is 0 Å². The summed E-state index contributed by atoms with van der Waals surface area (Å²) in [6.07, 6.45) is -2.13. The second-order valence-corrected chi connectivity index (χ2v) is 4.85. The number of ether oxygens (including phenoxy) is 2. The second-order valence-electron chi connectivity index (χ2n) is 4.85. The lowest BCUT2D eigenvalue weighted by Gasteiger charge is -2.21. The number of nitrogens with two attached hydrogens (primary N) is 1. The highest BCUT2D eigenvalue weighted by Gasteiger charge is 2.36. The summed E-state index contributed by atoms with van der Waals surface area (Å²) in [4.78, 5) is 24.6. The smallest absolute Gasteiger partial charge is 0.414 e. The quantitative estimate of drug-likeness (QED) is 0.702. The van der Waals surface area contributed by atoms with Gasteiger partial charge in [-0.15, -0.1) is 0 Å². The van der Waals surface area contributed by atoms with Crippen LogP contribution in [0.3, 0.4) is 0 Å². The molecule has 0 spiro atoms. The average molecular weight is 293 g/mol. The molecule has 112 valence electrons. The number of rotatable bonds is 3. The number of amides is 2. The second kappa shape index (κ2) is 5.23. The standard InChI is InChI=1S/C13H15N3O5/c14-4-9(17)11-5-16(13(19)21-11)7-1-2-10-8(3-7)15-12(18)6-20-10/h1-3,9,11,17H,4-6,14H2,(H,15,18). The van der Waals surface area contributed by atoms with Gasteiger partial charge in [0.05, 0.1) is 12.2 Å². The molecule has 2 aliphatic rings. The molecule has 1 aromatic rings. The van der Waals surface area contributed by atoms with Gasteiger partial charge in [0.2, 0.25) is 0 Å². The summed E-state index contributed by atoms with van der Waals surface area (Å²) in [5.41, 5.74) is 6.42. The van der Waals surface area contributed by atoms with Gasteiger partial charge in [0.15, 0.2) is 6.61 Å². The largest absolute Gasteiger partial charge is 0.482 e. The Kier molecular flexibility index (Phi) is 3.40. The molecule has 2 amide bonds.